The number of aromatic nitrogens is 1. The van der Waals surface area contributed by atoms with E-state index in [9.17, 15) is 14.4 Å². The van der Waals surface area contributed by atoms with Crippen LogP contribution in [0.25, 0.3) is 10.9 Å². The summed E-state index contributed by atoms with van der Waals surface area (Å²) in [4.78, 5) is 47.1. The molecular weight excluding hydrogens is 514 g/mol. The van der Waals surface area contributed by atoms with Crippen LogP contribution in [0.4, 0.5) is 5.00 Å². The van der Waals surface area contributed by atoms with Gasteiger partial charge in [0, 0.05) is 41.0 Å². The van der Waals surface area contributed by atoms with Crippen molar-refractivity contribution in [3.8, 4) is 0 Å². The van der Waals surface area contributed by atoms with Gasteiger partial charge in [0.25, 0.3) is 5.91 Å². The lowest BCUT2D eigenvalue weighted by Gasteiger charge is -2.33. The molecule has 3 heterocycles. The maximum Gasteiger partial charge on any atom is 0.341 e. The Labute approximate surface area is 232 Å². The Kier molecular flexibility index (Phi) is 7.48. The first-order valence-electron chi connectivity index (χ1n) is 13.4. The van der Waals surface area contributed by atoms with Gasteiger partial charge < -0.3 is 19.7 Å². The van der Waals surface area contributed by atoms with Crippen LogP contribution >= 0.6 is 11.3 Å². The molecule has 8 nitrogen and oxygen atoms in total. The lowest BCUT2D eigenvalue weighted by atomic mass is 9.72. The second-order valence-corrected chi connectivity index (χ2v) is 12.7. The number of para-hydroxylation sites is 1. The molecule has 1 aliphatic carbocycles. The monoisotopic (exact) mass is 549 g/mol. The number of amides is 1. The zero-order chi connectivity index (χ0) is 27.9. The lowest BCUT2D eigenvalue weighted by Crippen LogP contribution is -2.30. The molecule has 0 spiro atoms. The number of pyridine rings is 1. The molecule has 1 atom stereocenters. The summed E-state index contributed by atoms with van der Waals surface area (Å²) in [7, 11) is 3.35. The molecular formula is C30H35N3O5S. The minimum Gasteiger partial charge on any atom is -0.465 e. The summed E-state index contributed by atoms with van der Waals surface area (Å²) in [6.45, 7) is 7.68. The molecule has 0 saturated heterocycles. The molecule has 206 valence electrons. The average molecular weight is 550 g/mol. The van der Waals surface area contributed by atoms with Gasteiger partial charge in [0.1, 0.15) is 5.00 Å². The predicted molar refractivity (Wildman–Crippen MR) is 151 cm³/mol. The smallest absolute Gasteiger partial charge is 0.341 e. The highest BCUT2D eigenvalue weighted by molar-refractivity contribution is 7.17. The van der Waals surface area contributed by atoms with Gasteiger partial charge >= 0.3 is 11.9 Å². The number of ether oxygens (including phenoxy) is 2. The molecule has 3 aromatic rings. The van der Waals surface area contributed by atoms with Crippen molar-refractivity contribution < 1.29 is 23.9 Å². The van der Waals surface area contributed by atoms with E-state index in [1.165, 1.54) is 18.4 Å². The quantitative estimate of drug-likeness (QED) is 0.447. The van der Waals surface area contributed by atoms with Crippen LogP contribution in [0.1, 0.15) is 69.6 Å². The van der Waals surface area contributed by atoms with Crippen LogP contribution in [0.3, 0.4) is 0 Å². The van der Waals surface area contributed by atoms with E-state index in [0.717, 1.165) is 59.4 Å². The number of nitrogens with zero attached hydrogens (tertiary/aromatic N) is 2. The van der Waals surface area contributed by atoms with E-state index in [2.05, 4.69) is 31.0 Å². The third-order valence-electron chi connectivity index (χ3n) is 7.91. The van der Waals surface area contributed by atoms with Gasteiger partial charge in [-0.25, -0.2) is 9.59 Å². The molecule has 1 amide bonds. The van der Waals surface area contributed by atoms with Crippen LogP contribution in [0, 0.1) is 11.3 Å². The van der Waals surface area contributed by atoms with Gasteiger partial charge in [0.05, 0.1) is 23.8 Å². The van der Waals surface area contributed by atoms with Crippen LogP contribution in [-0.4, -0.2) is 55.0 Å². The standard InChI is InChI=1S/C30H35N3O5S/c1-30(2,3)17-10-11-19-23(14-17)39-27(26(19)28(35)37-5)32-24(34)16-38-29(36)25-18-8-6-7-9-21(18)31-22-12-13-33(4)15-20(22)25/h6-9,17H,10-16H2,1-5H3,(H,32,34). The predicted octanol–water partition coefficient (Wildman–Crippen LogP) is 5.02. The normalized spacial score (nSPS) is 17.3. The molecule has 0 fully saturated rings. The number of carbonyl (C=O) groups excluding carboxylic acids is 3. The fraction of sp³-hybridized carbons (Fsp3) is 0.467. The minimum absolute atomic E-state index is 0.149. The number of rotatable bonds is 5. The maximum atomic E-state index is 13.4. The zero-order valence-corrected chi connectivity index (χ0v) is 24.0. The Morgan fingerprint density at radius 1 is 1.10 bits per heavy atom. The number of esters is 2. The molecule has 1 aromatic carbocycles. The highest BCUT2D eigenvalue weighted by Crippen LogP contribution is 2.44. The van der Waals surface area contributed by atoms with Gasteiger partial charge in [0.15, 0.2) is 6.61 Å². The van der Waals surface area contributed by atoms with Gasteiger partial charge in [-0.3, -0.25) is 9.78 Å². The summed E-state index contributed by atoms with van der Waals surface area (Å²) in [6, 6.07) is 7.50. The number of hydrogen-bond donors (Lipinski definition) is 1. The van der Waals surface area contributed by atoms with Crippen LogP contribution < -0.4 is 5.32 Å². The van der Waals surface area contributed by atoms with E-state index in [4.69, 9.17) is 14.5 Å². The fourth-order valence-electron chi connectivity index (χ4n) is 5.66. The van der Waals surface area contributed by atoms with Crippen LogP contribution in [0.15, 0.2) is 24.3 Å². The molecule has 5 rings (SSSR count). The van der Waals surface area contributed by atoms with Crippen molar-refractivity contribution in [2.75, 3.05) is 32.6 Å². The number of likely N-dealkylation sites (N-methyl/N-ethyl adjacent to an activating group) is 1. The number of methoxy groups -OCH3 is 1. The molecule has 0 bridgehead atoms. The summed E-state index contributed by atoms with van der Waals surface area (Å²) in [6.07, 6.45) is 3.33. The maximum absolute atomic E-state index is 13.4. The van der Waals surface area contributed by atoms with E-state index in [1.807, 2.05) is 31.3 Å². The van der Waals surface area contributed by atoms with Crippen molar-refractivity contribution >= 4 is 45.1 Å². The van der Waals surface area contributed by atoms with E-state index in [1.54, 1.807) is 0 Å². The molecule has 2 aromatic heterocycles. The van der Waals surface area contributed by atoms with E-state index in [-0.39, 0.29) is 5.41 Å². The van der Waals surface area contributed by atoms with Gasteiger partial charge in [-0.2, -0.15) is 0 Å². The summed E-state index contributed by atoms with van der Waals surface area (Å²) in [5, 5.41) is 4.00. The molecule has 0 radical (unpaired) electrons. The number of carbonyl (C=O) groups is 3. The Balaban J connectivity index is 1.36. The first kappa shape index (κ1) is 27.3. The van der Waals surface area contributed by atoms with E-state index >= 15 is 0 Å². The Bertz CT molecular complexity index is 1460. The number of anilines is 1. The average Bonchev–Trinajstić information content (AvgIpc) is 3.26. The number of hydrogen-bond acceptors (Lipinski definition) is 8. The van der Waals surface area contributed by atoms with Gasteiger partial charge in [-0.15, -0.1) is 11.3 Å². The number of benzene rings is 1. The molecule has 1 aliphatic heterocycles. The molecule has 1 unspecified atom stereocenters. The first-order valence-corrected chi connectivity index (χ1v) is 14.2. The number of fused-ring (bicyclic) bond motifs is 3. The van der Waals surface area contributed by atoms with Gasteiger partial charge in [-0.1, -0.05) is 39.0 Å². The molecule has 0 saturated carbocycles. The first-order chi connectivity index (χ1) is 18.6. The number of thiophene rings is 1. The summed E-state index contributed by atoms with van der Waals surface area (Å²) in [5.41, 5.74) is 4.46. The molecule has 2 aliphatic rings. The van der Waals surface area contributed by atoms with E-state index < -0.39 is 24.5 Å². The summed E-state index contributed by atoms with van der Waals surface area (Å²) < 4.78 is 10.6. The topological polar surface area (TPSA) is 97.8 Å². The Morgan fingerprint density at radius 3 is 2.62 bits per heavy atom. The lowest BCUT2D eigenvalue weighted by molar-refractivity contribution is -0.119. The summed E-state index contributed by atoms with van der Waals surface area (Å²) >= 11 is 1.42. The highest BCUT2D eigenvalue weighted by Gasteiger charge is 2.34. The van der Waals surface area contributed by atoms with Crippen molar-refractivity contribution in [1.82, 2.24) is 9.88 Å². The van der Waals surface area contributed by atoms with Crippen LogP contribution in [0.5, 0.6) is 0 Å². The van der Waals surface area contributed by atoms with Gasteiger partial charge in [0.2, 0.25) is 0 Å². The van der Waals surface area contributed by atoms with Crippen LogP contribution in [0.2, 0.25) is 0 Å². The van der Waals surface area contributed by atoms with Crippen molar-refractivity contribution in [3.05, 3.63) is 57.1 Å². The van der Waals surface area contributed by atoms with Gasteiger partial charge in [-0.05, 0) is 49.3 Å². The van der Waals surface area contributed by atoms with E-state index in [0.29, 0.717) is 34.0 Å². The SMILES string of the molecule is COC(=O)c1c(NC(=O)COC(=O)c2c3c(nc4ccccc24)CCN(C)C3)sc2c1CCC(C(C)(C)C)C2. The molecule has 39 heavy (non-hydrogen) atoms. The number of nitrogens with one attached hydrogen (secondary N) is 1. The third kappa shape index (κ3) is 5.43. The minimum atomic E-state index is -0.554. The Hall–Kier alpha value is -3.30. The second kappa shape index (κ2) is 10.7. The van der Waals surface area contributed by atoms with Crippen molar-refractivity contribution in [3.63, 3.8) is 0 Å². The zero-order valence-electron chi connectivity index (χ0n) is 23.2. The van der Waals surface area contributed by atoms with Crippen molar-refractivity contribution in [2.45, 2.75) is 53.0 Å². The second-order valence-electron chi connectivity index (χ2n) is 11.5. The Morgan fingerprint density at radius 2 is 1.87 bits per heavy atom. The fourth-order valence-corrected chi connectivity index (χ4v) is 6.99. The molecule has 1 N–H and O–H groups in total. The van der Waals surface area contributed by atoms with Crippen molar-refractivity contribution in [2.24, 2.45) is 11.3 Å². The largest absolute Gasteiger partial charge is 0.465 e. The van der Waals surface area contributed by atoms with Crippen LogP contribution in [-0.2, 0) is 40.1 Å². The van der Waals surface area contributed by atoms with Crippen molar-refractivity contribution in [1.29, 1.82) is 0 Å². The highest BCUT2D eigenvalue weighted by atomic mass is 32.1. The summed E-state index contributed by atoms with van der Waals surface area (Å²) in [5.74, 6) is -1.03. The third-order valence-corrected chi connectivity index (χ3v) is 9.08. The molecule has 9 heteroatoms.